The molecule has 0 amide bonds. The molecule has 5 rings (SSSR count). The number of likely N-dealkylation sites (tertiary alicyclic amines) is 1. The number of methoxy groups -OCH3 is 1. The van der Waals surface area contributed by atoms with Crippen molar-refractivity contribution >= 4 is 28.6 Å². The molecule has 2 aliphatic rings. The van der Waals surface area contributed by atoms with E-state index in [-0.39, 0.29) is 11.3 Å². The molecule has 0 bridgehead atoms. The number of aliphatic hydroxyl groups excluding tert-OH is 1. The van der Waals surface area contributed by atoms with Gasteiger partial charge < -0.3 is 24.6 Å². The molecule has 0 aliphatic carbocycles. The van der Waals surface area contributed by atoms with Crippen LogP contribution in [0.5, 0.6) is 5.75 Å². The van der Waals surface area contributed by atoms with E-state index < -0.39 is 34.9 Å². The second-order valence-corrected chi connectivity index (χ2v) is 13.1. The summed E-state index contributed by atoms with van der Waals surface area (Å²) in [5, 5.41) is 22.4. The minimum Gasteiger partial charge on any atom is -0.497 e. The van der Waals surface area contributed by atoms with Crippen LogP contribution in [0.1, 0.15) is 49.3 Å². The maximum Gasteiger partial charge on any atom is 0.303 e. The molecule has 0 spiro atoms. The number of aromatic nitrogens is 1. The Morgan fingerprint density at radius 3 is 2.47 bits per heavy atom. The topological polar surface area (TPSA) is 95.4 Å². The van der Waals surface area contributed by atoms with Gasteiger partial charge in [0.25, 0.3) is 0 Å². The summed E-state index contributed by atoms with van der Waals surface area (Å²) in [5.41, 5.74) is 1.99. The smallest absolute Gasteiger partial charge is 0.303 e. The number of fused-ring (bicyclic) bond motifs is 1. The number of halogens is 3. The summed E-state index contributed by atoms with van der Waals surface area (Å²) in [5.74, 6) is -2.57. The van der Waals surface area contributed by atoms with Gasteiger partial charge in [0.2, 0.25) is 0 Å². The quantitative estimate of drug-likeness (QED) is 0.228. The molecule has 244 valence electrons. The fourth-order valence-corrected chi connectivity index (χ4v) is 7.45. The number of nitrogens with zero attached hydrogens (tertiary/aromatic N) is 3. The summed E-state index contributed by atoms with van der Waals surface area (Å²) in [6, 6.07) is 6.97. The Bertz CT molecular complexity index is 1460. The normalized spacial score (nSPS) is 18.2. The van der Waals surface area contributed by atoms with Gasteiger partial charge in [-0.1, -0.05) is 0 Å². The van der Waals surface area contributed by atoms with Crippen molar-refractivity contribution in [3.05, 3.63) is 65.1 Å². The number of carbonyl (C=O) groups is 1. The largest absolute Gasteiger partial charge is 0.497 e. The molecule has 2 saturated heterocycles. The average molecular weight is 648 g/mol. The summed E-state index contributed by atoms with van der Waals surface area (Å²) < 4.78 is 52.3. The number of rotatable bonds is 13. The predicted octanol–water partition coefficient (Wildman–Crippen LogP) is 5.66. The molecule has 12 heteroatoms. The van der Waals surface area contributed by atoms with E-state index in [1.165, 1.54) is 0 Å². The maximum atomic E-state index is 14.0. The lowest BCUT2D eigenvalue weighted by molar-refractivity contribution is -0.141. The number of benzene rings is 2. The SMILES string of the molecule is COc1ccc2ncc(CN3CCOCC3)c([C@H](O)CCC3(CC(=O)O)CCN(CCSc4c(F)cc(F)cc4F)CC3)c2c1. The lowest BCUT2D eigenvalue weighted by Gasteiger charge is -2.41. The highest BCUT2D eigenvalue weighted by Gasteiger charge is 2.37. The van der Waals surface area contributed by atoms with E-state index in [1.807, 2.05) is 24.4 Å². The van der Waals surface area contributed by atoms with Crippen molar-refractivity contribution in [2.75, 3.05) is 58.8 Å². The van der Waals surface area contributed by atoms with Gasteiger partial charge in [-0.25, -0.2) is 13.2 Å². The Balaban J connectivity index is 1.27. The molecule has 3 aromatic rings. The molecule has 0 radical (unpaired) electrons. The van der Waals surface area contributed by atoms with Gasteiger partial charge in [0, 0.05) is 55.6 Å². The molecule has 3 heterocycles. The number of morpholine rings is 1. The van der Waals surface area contributed by atoms with Crippen LogP contribution in [-0.4, -0.2) is 89.8 Å². The zero-order valence-corrected chi connectivity index (χ0v) is 26.3. The molecule has 2 aromatic carbocycles. The lowest BCUT2D eigenvalue weighted by Crippen LogP contribution is -2.42. The third-order valence-electron chi connectivity index (χ3n) is 9.04. The van der Waals surface area contributed by atoms with Crippen LogP contribution in [0, 0.1) is 22.9 Å². The first-order chi connectivity index (χ1) is 21.7. The standard InChI is InChI=1S/C33H40F3N3O5S/c1-43-24-2-3-28-25(18-24)31(22(20-37-28)21-39-10-13-44-14-11-39)29(40)4-5-33(19-30(41)42)6-8-38(9-7-33)12-15-45-32-26(35)16-23(34)17-27(32)36/h2-3,16-18,20,29,40H,4-15,19,21H2,1H3,(H,41,42)/t29-/m1/s1. The monoisotopic (exact) mass is 647 g/mol. The van der Waals surface area contributed by atoms with E-state index in [0.717, 1.165) is 46.9 Å². The van der Waals surface area contributed by atoms with Crippen molar-refractivity contribution in [3.8, 4) is 5.75 Å². The molecule has 1 atom stereocenters. The number of aliphatic carboxylic acids is 1. The fourth-order valence-electron chi connectivity index (χ4n) is 6.50. The molecule has 2 aliphatic heterocycles. The number of hydrogen-bond acceptors (Lipinski definition) is 8. The summed E-state index contributed by atoms with van der Waals surface area (Å²) >= 11 is 1.01. The van der Waals surface area contributed by atoms with E-state index in [9.17, 15) is 28.2 Å². The number of pyridine rings is 1. The molecule has 45 heavy (non-hydrogen) atoms. The van der Waals surface area contributed by atoms with Crippen LogP contribution in [0.25, 0.3) is 10.9 Å². The number of carboxylic acid groups (broad SMARTS) is 1. The van der Waals surface area contributed by atoms with Gasteiger partial charge in [-0.05, 0) is 73.5 Å². The van der Waals surface area contributed by atoms with Crippen molar-refractivity contribution in [1.29, 1.82) is 0 Å². The van der Waals surface area contributed by atoms with Gasteiger partial charge >= 0.3 is 5.97 Å². The highest BCUT2D eigenvalue weighted by atomic mass is 32.2. The van der Waals surface area contributed by atoms with Crippen molar-refractivity contribution in [2.45, 2.75) is 49.6 Å². The Labute approximate surface area is 265 Å². The van der Waals surface area contributed by atoms with Gasteiger partial charge in [-0.3, -0.25) is 14.7 Å². The van der Waals surface area contributed by atoms with Crippen molar-refractivity contribution in [1.82, 2.24) is 14.8 Å². The summed E-state index contributed by atoms with van der Waals surface area (Å²) in [6.45, 7) is 5.33. The molecule has 0 saturated carbocycles. The molecular weight excluding hydrogens is 607 g/mol. The van der Waals surface area contributed by atoms with Crippen LogP contribution < -0.4 is 4.74 Å². The molecule has 8 nitrogen and oxygen atoms in total. The minimum atomic E-state index is -0.949. The van der Waals surface area contributed by atoms with E-state index in [0.29, 0.717) is 88.7 Å². The van der Waals surface area contributed by atoms with Crippen LogP contribution in [0.15, 0.2) is 41.4 Å². The molecule has 2 fully saturated rings. The van der Waals surface area contributed by atoms with Gasteiger partial charge in [-0.15, -0.1) is 11.8 Å². The number of carboxylic acids is 1. The first-order valence-electron chi connectivity index (χ1n) is 15.3. The van der Waals surface area contributed by atoms with Crippen molar-refractivity contribution < 1.29 is 37.7 Å². The lowest BCUT2D eigenvalue weighted by atomic mass is 9.71. The number of aliphatic hydroxyl groups is 1. The van der Waals surface area contributed by atoms with E-state index in [1.54, 1.807) is 7.11 Å². The third-order valence-corrected chi connectivity index (χ3v) is 10.1. The second kappa shape index (κ2) is 15.1. The summed E-state index contributed by atoms with van der Waals surface area (Å²) in [4.78, 5) is 20.9. The van der Waals surface area contributed by atoms with Crippen LogP contribution in [0.2, 0.25) is 0 Å². The van der Waals surface area contributed by atoms with Crippen LogP contribution in [-0.2, 0) is 16.1 Å². The average Bonchev–Trinajstić information content (AvgIpc) is 3.02. The number of piperidine rings is 1. The van der Waals surface area contributed by atoms with Gasteiger partial charge in [0.05, 0.1) is 43.3 Å². The fraction of sp³-hybridized carbons (Fsp3) is 0.515. The van der Waals surface area contributed by atoms with Gasteiger partial charge in [-0.2, -0.15) is 0 Å². The van der Waals surface area contributed by atoms with Crippen molar-refractivity contribution in [2.24, 2.45) is 5.41 Å². The minimum absolute atomic E-state index is 0.000136. The first kappa shape index (κ1) is 33.5. The zero-order valence-electron chi connectivity index (χ0n) is 25.4. The van der Waals surface area contributed by atoms with Crippen LogP contribution in [0.4, 0.5) is 13.2 Å². The highest BCUT2D eigenvalue weighted by molar-refractivity contribution is 7.99. The summed E-state index contributed by atoms with van der Waals surface area (Å²) in [6.07, 6.45) is 3.16. The summed E-state index contributed by atoms with van der Waals surface area (Å²) in [7, 11) is 1.60. The van der Waals surface area contributed by atoms with E-state index in [4.69, 9.17) is 9.47 Å². The Morgan fingerprint density at radius 1 is 1.09 bits per heavy atom. The Morgan fingerprint density at radius 2 is 1.80 bits per heavy atom. The molecule has 0 unspecified atom stereocenters. The zero-order chi connectivity index (χ0) is 32.0. The number of thioether (sulfide) groups is 1. The van der Waals surface area contributed by atoms with E-state index >= 15 is 0 Å². The Kier molecular flexibility index (Phi) is 11.2. The predicted molar refractivity (Wildman–Crippen MR) is 166 cm³/mol. The van der Waals surface area contributed by atoms with Crippen LogP contribution >= 0.6 is 11.8 Å². The molecular formula is C33H40F3N3O5S. The van der Waals surface area contributed by atoms with Gasteiger partial charge in [0.1, 0.15) is 23.2 Å². The molecule has 1 aromatic heterocycles. The maximum absolute atomic E-state index is 14.0. The number of ether oxygens (including phenoxy) is 2. The Hall–Kier alpha value is -2.90. The van der Waals surface area contributed by atoms with E-state index in [2.05, 4.69) is 14.8 Å². The number of hydrogen-bond donors (Lipinski definition) is 2. The first-order valence-corrected chi connectivity index (χ1v) is 16.3. The van der Waals surface area contributed by atoms with Gasteiger partial charge in [0.15, 0.2) is 0 Å². The van der Waals surface area contributed by atoms with Crippen LogP contribution in [0.3, 0.4) is 0 Å². The third kappa shape index (κ3) is 8.48. The second-order valence-electron chi connectivity index (χ2n) is 12.0. The molecule has 2 N–H and O–H groups in total. The van der Waals surface area contributed by atoms with Crippen molar-refractivity contribution in [3.63, 3.8) is 0 Å². The highest BCUT2D eigenvalue weighted by Crippen LogP contribution is 2.43.